The molecule has 7 heteroatoms. The van der Waals surface area contributed by atoms with E-state index in [-0.39, 0.29) is 18.4 Å². The smallest absolute Gasteiger partial charge is 0.239 e. The van der Waals surface area contributed by atoms with Crippen molar-refractivity contribution in [1.29, 1.82) is 0 Å². The molecule has 1 aromatic carbocycles. The van der Waals surface area contributed by atoms with Gasteiger partial charge in [-0.2, -0.15) is 11.8 Å². The molecule has 0 aliphatic heterocycles. The van der Waals surface area contributed by atoms with Gasteiger partial charge in [-0.1, -0.05) is 12.1 Å². The highest BCUT2D eigenvalue weighted by Gasteiger charge is 2.13. The Labute approximate surface area is 135 Å². The molecule has 0 spiro atoms. The van der Waals surface area contributed by atoms with Crippen molar-refractivity contribution in [3.63, 3.8) is 0 Å². The molecule has 0 radical (unpaired) electrons. The molecule has 1 atom stereocenters. The third-order valence-corrected chi connectivity index (χ3v) is 3.69. The second-order valence-corrected chi connectivity index (χ2v) is 5.72. The van der Waals surface area contributed by atoms with Gasteiger partial charge in [-0.3, -0.25) is 9.59 Å². The zero-order valence-electron chi connectivity index (χ0n) is 12.9. The Hall–Kier alpha value is -1.73. The van der Waals surface area contributed by atoms with Gasteiger partial charge in [0.2, 0.25) is 11.8 Å². The normalized spacial score (nSPS) is 11.6. The number of thioether (sulfide) groups is 1. The summed E-state index contributed by atoms with van der Waals surface area (Å²) in [6.45, 7) is 0.333. The molecule has 0 fully saturated rings. The summed E-state index contributed by atoms with van der Waals surface area (Å²) >= 11 is 1.63. The second kappa shape index (κ2) is 10.1. The van der Waals surface area contributed by atoms with Gasteiger partial charge in [0.05, 0.1) is 19.7 Å². The predicted molar refractivity (Wildman–Crippen MR) is 88.8 cm³/mol. The lowest BCUT2D eigenvalue weighted by molar-refractivity contribution is -0.126. The lowest BCUT2D eigenvalue weighted by atomic mass is 10.2. The fraction of sp³-hybridized carbons (Fsp3) is 0.467. The number of hydrogen-bond acceptors (Lipinski definition) is 5. The van der Waals surface area contributed by atoms with Crippen LogP contribution in [0, 0.1) is 0 Å². The minimum Gasteiger partial charge on any atom is -0.497 e. The van der Waals surface area contributed by atoms with Crippen LogP contribution in [-0.2, 0) is 16.1 Å². The third-order valence-electron chi connectivity index (χ3n) is 3.04. The quantitative estimate of drug-likeness (QED) is 0.615. The van der Waals surface area contributed by atoms with Crippen LogP contribution in [0.4, 0.5) is 0 Å². The largest absolute Gasteiger partial charge is 0.497 e. The van der Waals surface area contributed by atoms with Crippen molar-refractivity contribution >= 4 is 23.6 Å². The highest BCUT2D eigenvalue weighted by molar-refractivity contribution is 7.98. The molecular weight excluding hydrogens is 302 g/mol. The number of nitrogens with two attached hydrogens (primary N) is 1. The van der Waals surface area contributed by atoms with Gasteiger partial charge >= 0.3 is 0 Å². The Morgan fingerprint density at radius 1 is 1.27 bits per heavy atom. The van der Waals surface area contributed by atoms with Crippen molar-refractivity contribution in [1.82, 2.24) is 10.6 Å². The SMILES string of the molecule is COc1ccc(CNC(=O)CNC(=O)[C@@H](N)CCSC)cc1. The monoisotopic (exact) mass is 325 g/mol. The number of carbonyl (C=O) groups excluding carboxylic acids is 2. The van der Waals surface area contributed by atoms with Crippen LogP contribution in [0.1, 0.15) is 12.0 Å². The van der Waals surface area contributed by atoms with Crippen LogP contribution < -0.4 is 21.1 Å². The van der Waals surface area contributed by atoms with Gasteiger partial charge in [0.25, 0.3) is 0 Å². The van der Waals surface area contributed by atoms with E-state index in [0.29, 0.717) is 13.0 Å². The number of hydrogen-bond donors (Lipinski definition) is 3. The fourth-order valence-corrected chi connectivity index (χ4v) is 2.17. The highest BCUT2D eigenvalue weighted by atomic mass is 32.2. The molecule has 22 heavy (non-hydrogen) atoms. The van der Waals surface area contributed by atoms with Gasteiger partial charge in [0, 0.05) is 6.54 Å². The molecular formula is C15H23N3O3S. The molecule has 122 valence electrons. The van der Waals surface area contributed by atoms with E-state index in [1.165, 1.54) is 0 Å². The lowest BCUT2D eigenvalue weighted by Gasteiger charge is -2.11. The topological polar surface area (TPSA) is 93.5 Å². The molecule has 0 heterocycles. The van der Waals surface area contributed by atoms with Crippen LogP contribution in [0.5, 0.6) is 5.75 Å². The van der Waals surface area contributed by atoms with Gasteiger partial charge in [-0.05, 0) is 36.1 Å². The first-order chi connectivity index (χ1) is 10.6. The minimum atomic E-state index is -0.568. The summed E-state index contributed by atoms with van der Waals surface area (Å²) in [6, 6.07) is 6.83. The molecule has 0 unspecified atom stereocenters. The van der Waals surface area contributed by atoms with E-state index in [1.807, 2.05) is 30.5 Å². The average molecular weight is 325 g/mol. The van der Waals surface area contributed by atoms with Crippen molar-refractivity contribution < 1.29 is 14.3 Å². The van der Waals surface area contributed by atoms with Crippen LogP contribution in [0.3, 0.4) is 0 Å². The summed E-state index contributed by atoms with van der Waals surface area (Å²) in [5, 5.41) is 5.27. The molecule has 6 nitrogen and oxygen atoms in total. The molecule has 0 aliphatic rings. The lowest BCUT2D eigenvalue weighted by Crippen LogP contribution is -2.45. The molecule has 1 aromatic rings. The van der Waals surface area contributed by atoms with Crippen LogP contribution in [0.2, 0.25) is 0 Å². The first-order valence-electron chi connectivity index (χ1n) is 6.98. The van der Waals surface area contributed by atoms with E-state index in [2.05, 4.69) is 10.6 Å². The first-order valence-corrected chi connectivity index (χ1v) is 8.38. The number of carbonyl (C=O) groups is 2. The number of ether oxygens (including phenoxy) is 1. The first kappa shape index (κ1) is 18.3. The number of rotatable bonds is 9. The van der Waals surface area contributed by atoms with Gasteiger partial charge in [-0.15, -0.1) is 0 Å². The van der Waals surface area contributed by atoms with E-state index >= 15 is 0 Å². The number of benzene rings is 1. The molecule has 0 saturated carbocycles. The molecule has 2 amide bonds. The summed E-state index contributed by atoms with van der Waals surface area (Å²) in [5.41, 5.74) is 6.67. The number of nitrogens with one attached hydrogen (secondary N) is 2. The van der Waals surface area contributed by atoms with E-state index < -0.39 is 6.04 Å². The maximum absolute atomic E-state index is 11.7. The van der Waals surface area contributed by atoms with Crippen LogP contribution in [0.15, 0.2) is 24.3 Å². The van der Waals surface area contributed by atoms with E-state index in [4.69, 9.17) is 10.5 Å². The molecule has 1 rings (SSSR count). The molecule has 0 bridgehead atoms. The Morgan fingerprint density at radius 2 is 1.95 bits per heavy atom. The Balaban J connectivity index is 2.26. The Bertz CT molecular complexity index is 479. The minimum absolute atomic E-state index is 0.0675. The summed E-state index contributed by atoms with van der Waals surface area (Å²) in [6.07, 6.45) is 2.55. The Kier molecular flexibility index (Phi) is 8.39. The summed E-state index contributed by atoms with van der Waals surface area (Å²) in [7, 11) is 1.60. The van der Waals surface area contributed by atoms with Crippen LogP contribution >= 0.6 is 11.8 Å². The maximum atomic E-state index is 11.7. The summed E-state index contributed by atoms with van der Waals surface area (Å²) < 4.78 is 5.06. The summed E-state index contributed by atoms with van der Waals surface area (Å²) in [4.78, 5) is 23.3. The predicted octanol–water partition coefficient (Wildman–Crippen LogP) is 0.508. The van der Waals surface area contributed by atoms with E-state index in [0.717, 1.165) is 17.1 Å². The third kappa shape index (κ3) is 6.82. The highest BCUT2D eigenvalue weighted by Crippen LogP contribution is 2.10. The van der Waals surface area contributed by atoms with Crippen LogP contribution in [-0.4, -0.2) is 43.5 Å². The number of amides is 2. The van der Waals surface area contributed by atoms with Crippen molar-refractivity contribution in [3.05, 3.63) is 29.8 Å². The zero-order valence-corrected chi connectivity index (χ0v) is 13.7. The molecule has 0 aliphatic carbocycles. The maximum Gasteiger partial charge on any atom is 0.239 e. The van der Waals surface area contributed by atoms with Crippen molar-refractivity contribution in [2.75, 3.05) is 25.7 Å². The van der Waals surface area contributed by atoms with Crippen molar-refractivity contribution in [3.8, 4) is 5.75 Å². The van der Waals surface area contributed by atoms with Gasteiger partial charge in [-0.25, -0.2) is 0 Å². The molecule has 0 aromatic heterocycles. The van der Waals surface area contributed by atoms with Crippen molar-refractivity contribution in [2.45, 2.75) is 19.0 Å². The van der Waals surface area contributed by atoms with E-state index in [9.17, 15) is 9.59 Å². The Morgan fingerprint density at radius 3 is 2.55 bits per heavy atom. The van der Waals surface area contributed by atoms with Gasteiger partial charge in [0.1, 0.15) is 5.75 Å². The molecule has 4 N–H and O–H groups in total. The summed E-state index contributed by atoms with van der Waals surface area (Å²) in [5.74, 6) is 1.04. The number of methoxy groups -OCH3 is 1. The second-order valence-electron chi connectivity index (χ2n) is 4.73. The zero-order chi connectivity index (χ0) is 16.4. The van der Waals surface area contributed by atoms with E-state index in [1.54, 1.807) is 18.9 Å². The standard InChI is InChI=1S/C15H23N3O3S/c1-21-12-5-3-11(4-6-12)9-17-14(19)10-18-15(20)13(16)7-8-22-2/h3-6,13H,7-10,16H2,1-2H3,(H,17,19)(H,18,20)/t13-/m0/s1. The average Bonchev–Trinajstić information content (AvgIpc) is 2.55. The van der Waals surface area contributed by atoms with Crippen LogP contribution in [0.25, 0.3) is 0 Å². The fourth-order valence-electron chi connectivity index (χ4n) is 1.68. The molecule has 0 saturated heterocycles. The van der Waals surface area contributed by atoms with Gasteiger partial charge in [0.15, 0.2) is 0 Å². The van der Waals surface area contributed by atoms with Gasteiger partial charge < -0.3 is 21.1 Å². The van der Waals surface area contributed by atoms with Crippen molar-refractivity contribution in [2.24, 2.45) is 5.73 Å².